The largest absolute Gasteiger partial charge is 0.373 e. The van der Waals surface area contributed by atoms with E-state index in [1.165, 1.54) is 12.1 Å². The molecular weight excluding hydrogens is 236 g/mol. The molecule has 0 aromatic heterocycles. The third kappa shape index (κ3) is 1.70. The van der Waals surface area contributed by atoms with Crippen molar-refractivity contribution < 1.29 is 13.5 Å². The standard InChI is InChI=1S/C14H13F2NO/c15-10-2-1-9(12(16)5-10)6-14(8-17)7-11-3-4-13(14)18-11/h1-2,5,11,13H,3-4,6-7H2. The van der Waals surface area contributed by atoms with Crippen LogP contribution in [0.4, 0.5) is 8.78 Å². The van der Waals surface area contributed by atoms with Gasteiger partial charge in [-0.3, -0.25) is 0 Å². The Morgan fingerprint density at radius 1 is 1.39 bits per heavy atom. The van der Waals surface area contributed by atoms with Gasteiger partial charge in [-0.2, -0.15) is 5.26 Å². The topological polar surface area (TPSA) is 33.0 Å². The summed E-state index contributed by atoms with van der Waals surface area (Å²) in [6, 6.07) is 5.84. The molecule has 3 unspecified atom stereocenters. The summed E-state index contributed by atoms with van der Waals surface area (Å²) in [5.74, 6) is -1.17. The van der Waals surface area contributed by atoms with E-state index in [2.05, 4.69) is 6.07 Å². The van der Waals surface area contributed by atoms with Crippen molar-refractivity contribution in [2.45, 2.75) is 37.9 Å². The minimum Gasteiger partial charge on any atom is -0.373 e. The number of fused-ring (bicyclic) bond motifs is 2. The molecule has 4 heteroatoms. The molecule has 2 heterocycles. The predicted molar refractivity (Wildman–Crippen MR) is 60.6 cm³/mol. The lowest BCUT2D eigenvalue weighted by Crippen LogP contribution is -2.33. The molecule has 2 fully saturated rings. The fourth-order valence-corrected chi connectivity index (χ4v) is 3.15. The molecule has 2 bridgehead atoms. The summed E-state index contributed by atoms with van der Waals surface area (Å²) in [6.45, 7) is 0. The lowest BCUT2D eigenvalue weighted by molar-refractivity contribution is 0.0785. The van der Waals surface area contributed by atoms with Crippen LogP contribution in [0.1, 0.15) is 24.8 Å². The summed E-state index contributed by atoms with van der Waals surface area (Å²) in [6.07, 6.45) is 2.85. The monoisotopic (exact) mass is 249 g/mol. The van der Waals surface area contributed by atoms with Gasteiger partial charge in [-0.05, 0) is 37.3 Å². The Hall–Kier alpha value is -1.47. The van der Waals surface area contributed by atoms with E-state index in [1.54, 1.807) is 0 Å². The summed E-state index contributed by atoms with van der Waals surface area (Å²) < 4.78 is 32.2. The number of halogens is 2. The van der Waals surface area contributed by atoms with Gasteiger partial charge in [0.1, 0.15) is 11.6 Å². The van der Waals surface area contributed by atoms with Gasteiger partial charge < -0.3 is 4.74 Å². The fraction of sp³-hybridized carbons (Fsp3) is 0.500. The fourth-order valence-electron chi connectivity index (χ4n) is 3.15. The van der Waals surface area contributed by atoms with E-state index in [0.29, 0.717) is 18.4 Å². The van der Waals surface area contributed by atoms with Crippen molar-refractivity contribution in [2.75, 3.05) is 0 Å². The number of hydrogen-bond donors (Lipinski definition) is 0. The van der Waals surface area contributed by atoms with Gasteiger partial charge in [0.2, 0.25) is 0 Å². The summed E-state index contributed by atoms with van der Waals surface area (Å²) in [7, 11) is 0. The summed E-state index contributed by atoms with van der Waals surface area (Å²) in [5.41, 5.74) is -0.240. The molecule has 2 aliphatic heterocycles. The van der Waals surface area contributed by atoms with E-state index in [0.717, 1.165) is 18.9 Å². The minimum absolute atomic E-state index is 0.100. The molecule has 94 valence electrons. The smallest absolute Gasteiger partial charge is 0.129 e. The average Bonchev–Trinajstić information content (AvgIpc) is 2.93. The van der Waals surface area contributed by atoms with Gasteiger partial charge in [0.15, 0.2) is 0 Å². The Morgan fingerprint density at radius 3 is 2.78 bits per heavy atom. The van der Waals surface area contributed by atoms with Crippen LogP contribution in [0, 0.1) is 28.4 Å². The molecule has 3 atom stereocenters. The Balaban J connectivity index is 1.89. The van der Waals surface area contributed by atoms with Crippen LogP contribution in [0.25, 0.3) is 0 Å². The molecular formula is C14H13F2NO. The summed E-state index contributed by atoms with van der Waals surface area (Å²) in [4.78, 5) is 0. The van der Waals surface area contributed by atoms with Crippen LogP contribution in [0.2, 0.25) is 0 Å². The zero-order valence-corrected chi connectivity index (χ0v) is 9.83. The first-order chi connectivity index (χ1) is 8.63. The molecule has 1 aromatic carbocycles. The summed E-state index contributed by atoms with van der Waals surface area (Å²) >= 11 is 0. The maximum absolute atomic E-state index is 13.7. The minimum atomic E-state index is -0.637. The van der Waals surface area contributed by atoms with Crippen LogP contribution in [-0.4, -0.2) is 12.2 Å². The number of rotatable bonds is 2. The quantitative estimate of drug-likeness (QED) is 0.807. The molecule has 2 nitrogen and oxygen atoms in total. The van der Waals surface area contributed by atoms with Gasteiger partial charge >= 0.3 is 0 Å². The van der Waals surface area contributed by atoms with Crippen LogP contribution in [0.3, 0.4) is 0 Å². The van der Waals surface area contributed by atoms with Crippen molar-refractivity contribution in [2.24, 2.45) is 5.41 Å². The SMILES string of the molecule is N#CC1(Cc2ccc(F)cc2F)CC2CCC1O2. The Kier molecular flexibility index (Phi) is 2.60. The highest BCUT2D eigenvalue weighted by Gasteiger charge is 2.53. The van der Waals surface area contributed by atoms with Crippen LogP contribution < -0.4 is 0 Å². The van der Waals surface area contributed by atoms with Crippen molar-refractivity contribution in [3.05, 3.63) is 35.4 Å². The lowest BCUT2D eigenvalue weighted by Gasteiger charge is -2.28. The Morgan fingerprint density at radius 2 is 2.22 bits per heavy atom. The van der Waals surface area contributed by atoms with Crippen molar-refractivity contribution in [3.63, 3.8) is 0 Å². The first kappa shape index (κ1) is 11.6. The molecule has 0 amide bonds. The third-order valence-corrected chi connectivity index (χ3v) is 4.06. The second-order valence-electron chi connectivity index (χ2n) is 5.21. The summed E-state index contributed by atoms with van der Waals surface area (Å²) in [5, 5.41) is 9.42. The molecule has 0 aliphatic carbocycles. The second kappa shape index (κ2) is 4.03. The van der Waals surface area contributed by atoms with E-state index < -0.39 is 17.0 Å². The van der Waals surface area contributed by atoms with Crippen molar-refractivity contribution >= 4 is 0 Å². The van der Waals surface area contributed by atoms with Gasteiger partial charge in [-0.1, -0.05) is 6.07 Å². The molecule has 0 spiro atoms. The van der Waals surface area contributed by atoms with E-state index in [1.807, 2.05) is 0 Å². The Bertz CT molecular complexity index is 525. The first-order valence-electron chi connectivity index (χ1n) is 6.14. The maximum atomic E-state index is 13.7. The highest BCUT2D eigenvalue weighted by atomic mass is 19.1. The first-order valence-corrected chi connectivity index (χ1v) is 6.14. The molecule has 0 saturated carbocycles. The molecule has 2 aliphatic rings. The van der Waals surface area contributed by atoms with Crippen LogP contribution in [0.5, 0.6) is 0 Å². The van der Waals surface area contributed by atoms with Crippen LogP contribution in [-0.2, 0) is 11.2 Å². The lowest BCUT2D eigenvalue weighted by atomic mass is 9.71. The number of hydrogen-bond acceptors (Lipinski definition) is 2. The molecule has 0 N–H and O–H groups in total. The van der Waals surface area contributed by atoms with Gasteiger partial charge in [0.25, 0.3) is 0 Å². The number of benzene rings is 1. The van der Waals surface area contributed by atoms with Crippen molar-refractivity contribution in [1.82, 2.24) is 0 Å². The number of nitriles is 1. The van der Waals surface area contributed by atoms with Gasteiger partial charge in [-0.15, -0.1) is 0 Å². The third-order valence-electron chi connectivity index (χ3n) is 4.06. The number of nitrogens with zero attached hydrogens (tertiary/aromatic N) is 1. The molecule has 2 saturated heterocycles. The van der Waals surface area contributed by atoms with Gasteiger partial charge in [-0.25, -0.2) is 8.78 Å². The van der Waals surface area contributed by atoms with E-state index in [9.17, 15) is 14.0 Å². The second-order valence-corrected chi connectivity index (χ2v) is 5.21. The molecule has 18 heavy (non-hydrogen) atoms. The molecule has 1 aromatic rings. The predicted octanol–water partition coefficient (Wildman–Crippen LogP) is 2.97. The van der Waals surface area contributed by atoms with Crippen molar-refractivity contribution in [3.8, 4) is 6.07 Å². The number of ether oxygens (including phenoxy) is 1. The van der Waals surface area contributed by atoms with E-state index in [4.69, 9.17) is 4.74 Å². The van der Waals surface area contributed by atoms with Crippen molar-refractivity contribution in [1.29, 1.82) is 5.26 Å². The Labute approximate surface area is 104 Å². The molecule has 0 radical (unpaired) electrons. The highest BCUT2D eigenvalue weighted by Crippen LogP contribution is 2.49. The van der Waals surface area contributed by atoms with E-state index >= 15 is 0 Å². The van der Waals surface area contributed by atoms with Crippen LogP contribution >= 0.6 is 0 Å². The van der Waals surface area contributed by atoms with Gasteiger partial charge in [0.05, 0.1) is 23.7 Å². The maximum Gasteiger partial charge on any atom is 0.129 e. The average molecular weight is 249 g/mol. The zero-order chi connectivity index (χ0) is 12.8. The van der Waals surface area contributed by atoms with Gasteiger partial charge in [0, 0.05) is 6.07 Å². The zero-order valence-electron chi connectivity index (χ0n) is 9.83. The molecule has 3 rings (SSSR count). The van der Waals surface area contributed by atoms with Crippen LogP contribution in [0.15, 0.2) is 18.2 Å². The highest BCUT2D eigenvalue weighted by molar-refractivity contribution is 5.25. The van der Waals surface area contributed by atoms with E-state index in [-0.39, 0.29) is 12.2 Å². The normalized spacial score (nSPS) is 33.6.